The van der Waals surface area contributed by atoms with Crippen LogP contribution in [0.15, 0.2) is 24.3 Å². The number of hydrogen-bond acceptors (Lipinski definition) is 2. The number of cyclic esters (lactones) is 1. The molecule has 1 saturated heterocycles. The number of hydrogen-bond donors (Lipinski definition) is 0. The fraction of sp³-hybridized carbons (Fsp3) is 0.500. The van der Waals surface area contributed by atoms with E-state index < -0.39 is 0 Å². The van der Waals surface area contributed by atoms with Gasteiger partial charge in [0.2, 0.25) is 0 Å². The topological polar surface area (TPSA) is 26.3 Å². The van der Waals surface area contributed by atoms with Gasteiger partial charge in [0.05, 0.1) is 5.92 Å². The molecule has 0 spiro atoms. The summed E-state index contributed by atoms with van der Waals surface area (Å²) in [5.74, 6) is -0.0452. The number of allylic oxidation sites excluding steroid dienone is 2. The van der Waals surface area contributed by atoms with E-state index in [-0.39, 0.29) is 18.0 Å². The maximum absolute atomic E-state index is 11.0. The average Bonchev–Trinajstić information content (AvgIpc) is 2.28. The summed E-state index contributed by atoms with van der Waals surface area (Å²) in [6.07, 6.45) is 4.53. The zero-order valence-electron chi connectivity index (χ0n) is 7.54. The van der Waals surface area contributed by atoms with E-state index >= 15 is 0 Å². The highest BCUT2D eigenvalue weighted by molar-refractivity contribution is 5.74. The predicted octanol–water partition coefficient (Wildman–Crippen LogP) is 2.07. The van der Waals surface area contributed by atoms with Crippen molar-refractivity contribution in [2.24, 2.45) is 5.92 Å². The Morgan fingerprint density at radius 1 is 1.75 bits per heavy atom. The average molecular weight is 166 g/mol. The molecule has 1 aliphatic rings. The molecule has 12 heavy (non-hydrogen) atoms. The minimum Gasteiger partial charge on any atom is -0.458 e. The van der Waals surface area contributed by atoms with Crippen LogP contribution in [0.25, 0.3) is 0 Å². The molecule has 0 N–H and O–H groups in total. The first kappa shape index (κ1) is 9.04. The quantitative estimate of drug-likeness (QED) is 0.463. The van der Waals surface area contributed by atoms with Gasteiger partial charge < -0.3 is 4.74 Å². The molecule has 0 radical (unpaired) electrons. The van der Waals surface area contributed by atoms with Gasteiger partial charge in [-0.1, -0.05) is 25.2 Å². The summed E-state index contributed by atoms with van der Waals surface area (Å²) in [4.78, 5) is 11.0. The highest BCUT2D eigenvalue weighted by Crippen LogP contribution is 2.21. The lowest BCUT2D eigenvalue weighted by molar-refractivity contribution is -0.142. The van der Waals surface area contributed by atoms with Crippen molar-refractivity contribution in [2.45, 2.75) is 26.4 Å². The Morgan fingerprint density at radius 2 is 2.42 bits per heavy atom. The van der Waals surface area contributed by atoms with Crippen molar-refractivity contribution in [3.8, 4) is 0 Å². The van der Waals surface area contributed by atoms with Crippen molar-refractivity contribution in [3.05, 3.63) is 24.3 Å². The van der Waals surface area contributed by atoms with E-state index in [0.717, 1.165) is 12.0 Å². The molecule has 0 bridgehead atoms. The summed E-state index contributed by atoms with van der Waals surface area (Å²) in [7, 11) is 0. The lowest BCUT2D eigenvalue weighted by Crippen LogP contribution is -2.03. The zero-order chi connectivity index (χ0) is 9.14. The second-order valence-corrected chi connectivity index (χ2v) is 3.32. The molecule has 2 nitrogen and oxygen atoms in total. The van der Waals surface area contributed by atoms with Crippen LogP contribution in [0, 0.1) is 5.92 Å². The van der Waals surface area contributed by atoms with Gasteiger partial charge in [-0.2, -0.15) is 0 Å². The summed E-state index contributed by atoms with van der Waals surface area (Å²) in [6, 6.07) is 0. The molecule has 2 atom stereocenters. The lowest BCUT2D eigenvalue weighted by atomic mass is 10.1. The van der Waals surface area contributed by atoms with Gasteiger partial charge in [0, 0.05) is 6.42 Å². The summed E-state index contributed by atoms with van der Waals surface area (Å²) in [5.41, 5.74) is 0.977. The summed E-state index contributed by atoms with van der Waals surface area (Å²) in [6.45, 7) is 7.53. The monoisotopic (exact) mass is 166 g/mol. The zero-order valence-corrected chi connectivity index (χ0v) is 7.54. The minimum absolute atomic E-state index is 0.0378. The Bertz CT molecular complexity index is 228. The maximum atomic E-state index is 11.0. The second kappa shape index (κ2) is 3.57. The molecule has 0 aromatic rings. The standard InChI is InChI=1S/C10H14O2/c1-7(2)4-5-9-6-8(3)10(11)12-9/h4-5,8-9H,1,6H2,2-3H3/b5-4+. The van der Waals surface area contributed by atoms with Crippen LogP contribution in [0.3, 0.4) is 0 Å². The largest absolute Gasteiger partial charge is 0.458 e. The van der Waals surface area contributed by atoms with E-state index in [1.54, 1.807) is 0 Å². The number of rotatable bonds is 2. The van der Waals surface area contributed by atoms with Gasteiger partial charge in [-0.3, -0.25) is 4.79 Å². The van der Waals surface area contributed by atoms with Gasteiger partial charge in [-0.05, 0) is 13.0 Å². The van der Waals surface area contributed by atoms with Crippen molar-refractivity contribution >= 4 is 5.97 Å². The third-order valence-electron chi connectivity index (χ3n) is 1.85. The van der Waals surface area contributed by atoms with Crippen LogP contribution in [0.4, 0.5) is 0 Å². The minimum atomic E-state index is -0.0913. The lowest BCUT2D eigenvalue weighted by Gasteiger charge is -2.00. The van der Waals surface area contributed by atoms with Crippen LogP contribution >= 0.6 is 0 Å². The molecule has 0 saturated carbocycles. The molecule has 1 heterocycles. The first-order valence-corrected chi connectivity index (χ1v) is 4.14. The molecule has 2 heteroatoms. The van der Waals surface area contributed by atoms with Crippen LogP contribution in [-0.4, -0.2) is 12.1 Å². The second-order valence-electron chi connectivity index (χ2n) is 3.32. The fourth-order valence-electron chi connectivity index (χ4n) is 1.15. The Morgan fingerprint density at radius 3 is 2.83 bits per heavy atom. The van der Waals surface area contributed by atoms with Crippen LogP contribution in [0.5, 0.6) is 0 Å². The van der Waals surface area contributed by atoms with E-state index in [0.29, 0.717) is 0 Å². The highest BCUT2D eigenvalue weighted by Gasteiger charge is 2.28. The van der Waals surface area contributed by atoms with Crippen LogP contribution in [0.2, 0.25) is 0 Å². The van der Waals surface area contributed by atoms with Crippen LogP contribution in [0.1, 0.15) is 20.3 Å². The Labute approximate surface area is 72.9 Å². The van der Waals surface area contributed by atoms with Crippen molar-refractivity contribution in [1.29, 1.82) is 0 Å². The van der Waals surface area contributed by atoms with Crippen LogP contribution < -0.4 is 0 Å². The fourth-order valence-corrected chi connectivity index (χ4v) is 1.15. The molecular weight excluding hydrogens is 152 g/mol. The van der Waals surface area contributed by atoms with E-state index in [1.165, 1.54) is 0 Å². The van der Waals surface area contributed by atoms with Gasteiger partial charge in [-0.25, -0.2) is 0 Å². The summed E-state index contributed by atoms with van der Waals surface area (Å²) < 4.78 is 5.06. The molecule has 2 unspecified atom stereocenters. The first-order chi connectivity index (χ1) is 5.59. The molecule has 1 rings (SSSR count). The normalized spacial score (nSPS) is 29.3. The number of esters is 1. The van der Waals surface area contributed by atoms with E-state index in [2.05, 4.69) is 6.58 Å². The molecule has 1 fully saturated rings. The van der Waals surface area contributed by atoms with Gasteiger partial charge >= 0.3 is 5.97 Å². The molecule has 1 aliphatic heterocycles. The smallest absolute Gasteiger partial charge is 0.309 e. The molecule has 0 amide bonds. The Kier molecular flexibility index (Phi) is 2.69. The van der Waals surface area contributed by atoms with Crippen molar-refractivity contribution in [2.75, 3.05) is 0 Å². The van der Waals surface area contributed by atoms with Gasteiger partial charge in [0.1, 0.15) is 6.10 Å². The van der Waals surface area contributed by atoms with E-state index in [9.17, 15) is 4.79 Å². The van der Waals surface area contributed by atoms with Gasteiger partial charge in [-0.15, -0.1) is 0 Å². The first-order valence-electron chi connectivity index (χ1n) is 4.14. The van der Waals surface area contributed by atoms with Gasteiger partial charge in [0.25, 0.3) is 0 Å². The van der Waals surface area contributed by atoms with Crippen LogP contribution in [-0.2, 0) is 9.53 Å². The Balaban J connectivity index is 2.47. The molecule has 0 aromatic carbocycles. The van der Waals surface area contributed by atoms with E-state index in [1.807, 2.05) is 26.0 Å². The van der Waals surface area contributed by atoms with Crippen molar-refractivity contribution in [3.63, 3.8) is 0 Å². The highest BCUT2D eigenvalue weighted by atomic mass is 16.5. The number of ether oxygens (including phenoxy) is 1. The van der Waals surface area contributed by atoms with E-state index in [4.69, 9.17) is 4.74 Å². The predicted molar refractivity (Wildman–Crippen MR) is 47.6 cm³/mol. The number of carbonyl (C=O) groups excluding carboxylic acids is 1. The maximum Gasteiger partial charge on any atom is 0.309 e. The summed E-state index contributed by atoms with van der Waals surface area (Å²) >= 11 is 0. The molecule has 0 aromatic heterocycles. The molecule has 66 valence electrons. The third-order valence-corrected chi connectivity index (χ3v) is 1.85. The summed E-state index contributed by atoms with van der Waals surface area (Å²) in [5, 5.41) is 0. The van der Waals surface area contributed by atoms with Gasteiger partial charge in [0.15, 0.2) is 0 Å². The number of carbonyl (C=O) groups is 1. The Hall–Kier alpha value is -1.05. The molecular formula is C10H14O2. The third kappa shape index (κ3) is 2.22. The van der Waals surface area contributed by atoms with Crippen molar-refractivity contribution < 1.29 is 9.53 Å². The SMILES string of the molecule is C=C(C)/C=C/C1CC(C)C(=O)O1. The molecule has 0 aliphatic carbocycles. The van der Waals surface area contributed by atoms with Crippen molar-refractivity contribution in [1.82, 2.24) is 0 Å².